The maximum absolute atomic E-state index is 12.1. The Bertz CT molecular complexity index is 776. The van der Waals surface area contributed by atoms with Crippen molar-refractivity contribution >= 4 is 10.9 Å². The SMILES string of the molecule is CCn1c(=O)nc(-c2ccccc2)c2ccccc21. The fraction of sp³-hybridized carbons (Fsp3) is 0.125. The van der Waals surface area contributed by atoms with E-state index in [9.17, 15) is 4.79 Å². The maximum Gasteiger partial charge on any atom is 0.348 e. The molecule has 1 aromatic heterocycles. The third kappa shape index (κ3) is 1.93. The molecule has 3 heteroatoms. The lowest BCUT2D eigenvalue weighted by atomic mass is 10.1. The van der Waals surface area contributed by atoms with Gasteiger partial charge in [-0.1, -0.05) is 48.5 Å². The fourth-order valence-electron chi connectivity index (χ4n) is 2.35. The minimum Gasteiger partial charge on any atom is -0.292 e. The van der Waals surface area contributed by atoms with Crippen molar-refractivity contribution in [2.45, 2.75) is 13.5 Å². The standard InChI is InChI=1S/C16H14N2O/c1-2-18-14-11-7-6-10-13(14)15(17-16(18)19)12-8-4-3-5-9-12/h3-11H,2H2,1H3. The summed E-state index contributed by atoms with van der Waals surface area (Å²) in [7, 11) is 0. The molecule has 3 rings (SSSR count). The second-order valence-corrected chi connectivity index (χ2v) is 4.37. The summed E-state index contributed by atoms with van der Waals surface area (Å²) < 4.78 is 1.70. The van der Waals surface area contributed by atoms with Gasteiger partial charge in [0.05, 0.1) is 11.2 Å². The van der Waals surface area contributed by atoms with Crippen molar-refractivity contribution in [1.82, 2.24) is 9.55 Å². The number of nitrogens with zero attached hydrogens (tertiary/aromatic N) is 2. The summed E-state index contributed by atoms with van der Waals surface area (Å²) in [5, 5.41) is 1.01. The van der Waals surface area contributed by atoms with Crippen molar-refractivity contribution < 1.29 is 0 Å². The Kier molecular flexibility index (Phi) is 2.88. The van der Waals surface area contributed by atoms with Crippen LogP contribution in [0.2, 0.25) is 0 Å². The number of hydrogen-bond donors (Lipinski definition) is 0. The third-order valence-electron chi connectivity index (χ3n) is 3.25. The zero-order valence-electron chi connectivity index (χ0n) is 10.7. The Balaban J connectivity index is 2.42. The molecule has 0 saturated carbocycles. The Morgan fingerprint density at radius 2 is 1.68 bits per heavy atom. The molecule has 0 spiro atoms. The molecule has 0 N–H and O–H groups in total. The molecule has 0 fully saturated rings. The average Bonchev–Trinajstić information content (AvgIpc) is 2.47. The van der Waals surface area contributed by atoms with E-state index in [0.29, 0.717) is 6.54 Å². The number of rotatable bonds is 2. The normalized spacial score (nSPS) is 10.8. The Morgan fingerprint density at radius 1 is 1.00 bits per heavy atom. The maximum atomic E-state index is 12.1. The summed E-state index contributed by atoms with van der Waals surface area (Å²) in [6, 6.07) is 17.7. The van der Waals surface area contributed by atoms with Crippen LogP contribution < -0.4 is 5.69 Å². The summed E-state index contributed by atoms with van der Waals surface area (Å²) in [5.74, 6) is 0. The van der Waals surface area contributed by atoms with Gasteiger partial charge in [-0.3, -0.25) is 4.57 Å². The molecular weight excluding hydrogens is 236 g/mol. The quantitative estimate of drug-likeness (QED) is 0.700. The van der Waals surface area contributed by atoms with Gasteiger partial charge < -0.3 is 0 Å². The van der Waals surface area contributed by atoms with Crippen molar-refractivity contribution in [2.24, 2.45) is 0 Å². The zero-order chi connectivity index (χ0) is 13.2. The summed E-state index contributed by atoms with van der Waals surface area (Å²) in [5.41, 5.74) is 2.47. The second-order valence-electron chi connectivity index (χ2n) is 4.37. The largest absolute Gasteiger partial charge is 0.348 e. The Labute approximate surface area is 111 Å². The number of para-hydroxylation sites is 1. The average molecular weight is 250 g/mol. The van der Waals surface area contributed by atoms with Crippen LogP contribution in [0.1, 0.15) is 6.92 Å². The highest BCUT2D eigenvalue weighted by Crippen LogP contribution is 2.24. The molecule has 94 valence electrons. The molecule has 19 heavy (non-hydrogen) atoms. The van der Waals surface area contributed by atoms with E-state index in [1.54, 1.807) is 4.57 Å². The lowest BCUT2D eigenvalue weighted by Gasteiger charge is -2.10. The van der Waals surface area contributed by atoms with E-state index in [4.69, 9.17) is 0 Å². The van der Waals surface area contributed by atoms with E-state index >= 15 is 0 Å². The van der Waals surface area contributed by atoms with E-state index in [1.165, 1.54) is 0 Å². The van der Waals surface area contributed by atoms with Crippen LogP contribution in [0, 0.1) is 0 Å². The highest BCUT2D eigenvalue weighted by atomic mass is 16.1. The minimum absolute atomic E-state index is 0.194. The van der Waals surface area contributed by atoms with Gasteiger partial charge in [-0.2, -0.15) is 4.98 Å². The van der Waals surface area contributed by atoms with Gasteiger partial charge in [-0.25, -0.2) is 4.79 Å². The molecule has 0 atom stereocenters. The van der Waals surface area contributed by atoms with Gasteiger partial charge in [0.2, 0.25) is 0 Å². The van der Waals surface area contributed by atoms with E-state index in [2.05, 4.69) is 4.98 Å². The highest BCUT2D eigenvalue weighted by molar-refractivity contribution is 5.92. The number of aryl methyl sites for hydroxylation is 1. The molecular formula is C16H14N2O. The summed E-state index contributed by atoms with van der Waals surface area (Å²) in [4.78, 5) is 16.4. The topological polar surface area (TPSA) is 34.9 Å². The number of aromatic nitrogens is 2. The lowest BCUT2D eigenvalue weighted by molar-refractivity contribution is 0.733. The van der Waals surface area contributed by atoms with E-state index in [-0.39, 0.29) is 5.69 Å². The first kappa shape index (κ1) is 11.7. The van der Waals surface area contributed by atoms with Gasteiger partial charge in [-0.05, 0) is 13.0 Å². The second kappa shape index (κ2) is 4.69. The molecule has 0 aliphatic rings. The predicted octanol–water partition coefficient (Wildman–Crippen LogP) is 3.08. The van der Waals surface area contributed by atoms with E-state index in [1.807, 2.05) is 61.5 Å². The molecule has 0 unspecified atom stereocenters. The van der Waals surface area contributed by atoms with Crippen LogP contribution in [0.4, 0.5) is 0 Å². The number of hydrogen-bond acceptors (Lipinski definition) is 2. The first-order valence-corrected chi connectivity index (χ1v) is 6.36. The van der Waals surface area contributed by atoms with Gasteiger partial charge in [0.15, 0.2) is 0 Å². The van der Waals surface area contributed by atoms with Gasteiger partial charge in [0, 0.05) is 17.5 Å². The molecule has 0 aliphatic carbocycles. The number of fused-ring (bicyclic) bond motifs is 1. The van der Waals surface area contributed by atoms with Gasteiger partial charge >= 0.3 is 5.69 Å². The first-order chi connectivity index (χ1) is 9.31. The lowest BCUT2D eigenvalue weighted by Crippen LogP contribution is -2.23. The number of benzene rings is 2. The van der Waals surface area contributed by atoms with E-state index < -0.39 is 0 Å². The summed E-state index contributed by atoms with van der Waals surface area (Å²) in [6.07, 6.45) is 0. The molecule has 0 radical (unpaired) electrons. The Hall–Kier alpha value is -2.42. The van der Waals surface area contributed by atoms with Crippen molar-refractivity contribution in [3.63, 3.8) is 0 Å². The smallest absolute Gasteiger partial charge is 0.292 e. The van der Waals surface area contributed by atoms with Gasteiger partial charge in [0.1, 0.15) is 0 Å². The molecule has 0 aliphatic heterocycles. The molecule has 0 saturated heterocycles. The minimum atomic E-state index is -0.194. The van der Waals surface area contributed by atoms with Crippen LogP contribution >= 0.6 is 0 Å². The highest BCUT2D eigenvalue weighted by Gasteiger charge is 2.10. The van der Waals surface area contributed by atoms with Crippen LogP contribution in [-0.4, -0.2) is 9.55 Å². The monoisotopic (exact) mass is 250 g/mol. The molecule has 1 heterocycles. The van der Waals surface area contributed by atoms with E-state index in [0.717, 1.165) is 22.2 Å². The van der Waals surface area contributed by atoms with Crippen molar-refractivity contribution in [2.75, 3.05) is 0 Å². The molecule has 0 amide bonds. The predicted molar refractivity (Wildman–Crippen MR) is 77.1 cm³/mol. The summed E-state index contributed by atoms with van der Waals surface area (Å²) >= 11 is 0. The molecule has 0 bridgehead atoms. The summed E-state index contributed by atoms with van der Waals surface area (Å²) in [6.45, 7) is 2.58. The van der Waals surface area contributed by atoms with Gasteiger partial charge in [-0.15, -0.1) is 0 Å². The van der Waals surface area contributed by atoms with Crippen molar-refractivity contribution in [3.05, 3.63) is 65.1 Å². The third-order valence-corrected chi connectivity index (χ3v) is 3.25. The van der Waals surface area contributed by atoms with Crippen LogP contribution in [0.15, 0.2) is 59.4 Å². The van der Waals surface area contributed by atoms with Crippen LogP contribution in [0.3, 0.4) is 0 Å². The van der Waals surface area contributed by atoms with Crippen LogP contribution in [0.25, 0.3) is 22.2 Å². The molecule has 2 aromatic carbocycles. The van der Waals surface area contributed by atoms with Crippen LogP contribution in [-0.2, 0) is 6.54 Å². The zero-order valence-corrected chi connectivity index (χ0v) is 10.7. The Morgan fingerprint density at radius 3 is 2.42 bits per heavy atom. The van der Waals surface area contributed by atoms with Crippen LogP contribution in [0.5, 0.6) is 0 Å². The van der Waals surface area contributed by atoms with Crippen molar-refractivity contribution in [1.29, 1.82) is 0 Å². The molecule has 3 nitrogen and oxygen atoms in total. The molecule has 3 aromatic rings. The van der Waals surface area contributed by atoms with Crippen molar-refractivity contribution in [3.8, 4) is 11.3 Å². The first-order valence-electron chi connectivity index (χ1n) is 6.36. The fourth-order valence-corrected chi connectivity index (χ4v) is 2.35. The van der Waals surface area contributed by atoms with Gasteiger partial charge in [0.25, 0.3) is 0 Å².